The molecule has 0 aliphatic carbocycles. The van der Waals surface area contributed by atoms with Crippen molar-refractivity contribution >= 4 is 17.7 Å². The molecular formula is C21H31N3O4. The molecule has 0 spiro atoms. The second-order valence-corrected chi connectivity index (χ2v) is 7.62. The molecule has 2 rings (SSSR count). The van der Waals surface area contributed by atoms with Gasteiger partial charge in [-0.2, -0.15) is 0 Å². The van der Waals surface area contributed by atoms with Crippen molar-refractivity contribution in [3.63, 3.8) is 0 Å². The minimum absolute atomic E-state index is 0.0161. The van der Waals surface area contributed by atoms with Gasteiger partial charge >= 0.3 is 0 Å². The number of rotatable bonds is 8. The Morgan fingerprint density at radius 2 is 1.79 bits per heavy atom. The lowest BCUT2D eigenvalue weighted by atomic mass is 10.1. The molecule has 1 unspecified atom stereocenters. The third-order valence-corrected chi connectivity index (χ3v) is 5.12. The van der Waals surface area contributed by atoms with Crippen LogP contribution < -0.4 is 15.4 Å². The summed E-state index contributed by atoms with van der Waals surface area (Å²) in [5, 5.41) is 5.52. The van der Waals surface area contributed by atoms with Crippen molar-refractivity contribution in [3.05, 3.63) is 28.8 Å². The van der Waals surface area contributed by atoms with Crippen molar-refractivity contribution in [3.8, 4) is 5.75 Å². The molecule has 1 aliphatic heterocycles. The number of ether oxygens (including phenoxy) is 1. The molecule has 0 radical (unpaired) electrons. The van der Waals surface area contributed by atoms with Gasteiger partial charge in [-0.05, 0) is 51.3 Å². The first-order valence-corrected chi connectivity index (χ1v) is 9.74. The maximum atomic E-state index is 12.2. The van der Waals surface area contributed by atoms with Gasteiger partial charge in [0.25, 0.3) is 5.91 Å². The van der Waals surface area contributed by atoms with Gasteiger partial charge in [-0.3, -0.25) is 14.4 Å². The number of hydrogen-bond donors (Lipinski definition) is 2. The average molecular weight is 389 g/mol. The van der Waals surface area contributed by atoms with Crippen molar-refractivity contribution in [1.82, 2.24) is 15.5 Å². The zero-order valence-electron chi connectivity index (χ0n) is 17.4. The van der Waals surface area contributed by atoms with E-state index in [1.807, 2.05) is 46.8 Å². The Bertz CT molecular complexity index is 745. The number of nitrogens with zero attached hydrogens (tertiary/aromatic N) is 1. The molecule has 0 saturated carbocycles. The molecule has 28 heavy (non-hydrogen) atoms. The third-order valence-electron chi connectivity index (χ3n) is 5.12. The van der Waals surface area contributed by atoms with Gasteiger partial charge in [-0.1, -0.05) is 12.1 Å². The minimum Gasteiger partial charge on any atom is -0.483 e. The van der Waals surface area contributed by atoms with Crippen LogP contribution >= 0.6 is 0 Å². The van der Waals surface area contributed by atoms with Crippen LogP contribution in [0.25, 0.3) is 0 Å². The van der Waals surface area contributed by atoms with Gasteiger partial charge in [0.2, 0.25) is 11.8 Å². The normalized spacial score (nSPS) is 16.4. The van der Waals surface area contributed by atoms with Crippen molar-refractivity contribution in [1.29, 1.82) is 0 Å². The van der Waals surface area contributed by atoms with E-state index >= 15 is 0 Å². The van der Waals surface area contributed by atoms with Crippen LogP contribution in [0.1, 0.15) is 37.0 Å². The highest BCUT2D eigenvalue weighted by Crippen LogP contribution is 2.25. The molecular weight excluding hydrogens is 358 g/mol. The topological polar surface area (TPSA) is 87.7 Å². The number of carbonyl (C=O) groups is 3. The summed E-state index contributed by atoms with van der Waals surface area (Å²) in [7, 11) is 0. The number of benzene rings is 1. The Morgan fingerprint density at radius 3 is 2.43 bits per heavy atom. The van der Waals surface area contributed by atoms with Crippen molar-refractivity contribution in [2.75, 3.05) is 26.2 Å². The van der Waals surface area contributed by atoms with Crippen LogP contribution in [0.5, 0.6) is 5.75 Å². The molecule has 154 valence electrons. The number of amides is 3. The molecule has 7 heteroatoms. The largest absolute Gasteiger partial charge is 0.483 e. The van der Waals surface area contributed by atoms with Gasteiger partial charge in [-0.15, -0.1) is 0 Å². The highest BCUT2D eigenvalue weighted by Gasteiger charge is 2.35. The van der Waals surface area contributed by atoms with Gasteiger partial charge in [0, 0.05) is 32.1 Å². The van der Waals surface area contributed by atoms with Crippen LogP contribution in [0, 0.1) is 26.7 Å². The molecule has 1 saturated heterocycles. The molecule has 3 amide bonds. The molecule has 1 atom stereocenters. The van der Waals surface area contributed by atoms with Crippen LogP contribution in [0.15, 0.2) is 12.1 Å². The molecule has 0 aromatic heterocycles. The Balaban J connectivity index is 1.68. The Kier molecular flexibility index (Phi) is 7.43. The number of hydrogen-bond acceptors (Lipinski definition) is 4. The lowest BCUT2D eigenvalue weighted by Crippen LogP contribution is -2.40. The zero-order chi connectivity index (χ0) is 20.8. The Hall–Kier alpha value is -2.57. The molecule has 7 nitrogen and oxygen atoms in total. The van der Waals surface area contributed by atoms with Crippen LogP contribution in [-0.2, 0) is 14.4 Å². The summed E-state index contributed by atoms with van der Waals surface area (Å²) in [4.78, 5) is 37.8. The molecule has 1 heterocycles. The number of carbonyl (C=O) groups excluding carboxylic acids is 3. The first-order valence-electron chi connectivity index (χ1n) is 9.74. The Morgan fingerprint density at radius 1 is 1.14 bits per heavy atom. The summed E-state index contributed by atoms with van der Waals surface area (Å²) in [6.45, 7) is 10.8. The van der Waals surface area contributed by atoms with E-state index in [1.165, 1.54) is 0 Å². The summed E-state index contributed by atoms with van der Waals surface area (Å²) in [5.74, 6) is 0.0530. The van der Waals surface area contributed by atoms with Crippen LogP contribution in [0.4, 0.5) is 0 Å². The summed E-state index contributed by atoms with van der Waals surface area (Å²) in [6, 6.07) is 4.10. The summed E-state index contributed by atoms with van der Waals surface area (Å²) in [5.41, 5.74) is 3.14. The first-order chi connectivity index (χ1) is 13.2. The average Bonchev–Trinajstić information content (AvgIpc) is 3.04. The smallest absolute Gasteiger partial charge is 0.258 e. The van der Waals surface area contributed by atoms with Crippen molar-refractivity contribution < 1.29 is 19.1 Å². The van der Waals surface area contributed by atoms with Crippen LogP contribution in [-0.4, -0.2) is 54.9 Å². The lowest BCUT2D eigenvalue weighted by Gasteiger charge is -2.20. The van der Waals surface area contributed by atoms with E-state index < -0.39 is 0 Å². The van der Waals surface area contributed by atoms with Gasteiger partial charge in [0.1, 0.15) is 5.75 Å². The monoisotopic (exact) mass is 389 g/mol. The van der Waals surface area contributed by atoms with Crippen molar-refractivity contribution in [2.24, 2.45) is 5.92 Å². The van der Waals surface area contributed by atoms with E-state index in [9.17, 15) is 14.4 Å². The summed E-state index contributed by atoms with van der Waals surface area (Å²) < 4.78 is 5.67. The summed E-state index contributed by atoms with van der Waals surface area (Å²) in [6.07, 6.45) is 0.249. The second kappa shape index (κ2) is 9.57. The van der Waals surface area contributed by atoms with E-state index in [4.69, 9.17) is 4.74 Å². The third kappa shape index (κ3) is 5.47. The predicted molar refractivity (Wildman–Crippen MR) is 107 cm³/mol. The standard InChI is InChI=1S/C21H31N3O4/c1-13(2)24-11-17(10-19(24)26)21(27)23-9-8-22-18(25)12-28-20-15(4)7-6-14(3)16(20)5/h6-7,13,17H,8-12H2,1-5H3,(H,22,25)(H,23,27). The van der Waals surface area contributed by atoms with Gasteiger partial charge in [0.05, 0.1) is 5.92 Å². The summed E-state index contributed by atoms with van der Waals surface area (Å²) >= 11 is 0. The highest BCUT2D eigenvalue weighted by atomic mass is 16.5. The highest BCUT2D eigenvalue weighted by molar-refractivity contribution is 5.89. The van der Waals surface area contributed by atoms with Gasteiger partial charge in [-0.25, -0.2) is 0 Å². The Labute approximate surface area is 166 Å². The van der Waals surface area contributed by atoms with Crippen LogP contribution in [0.3, 0.4) is 0 Å². The molecule has 1 aromatic rings. The number of aryl methyl sites for hydroxylation is 2. The molecule has 1 fully saturated rings. The fourth-order valence-corrected chi connectivity index (χ4v) is 3.27. The van der Waals surface area contributed by atoms with E-state index in [-0.39, 0.29) is 42.7 Å². The molecule has 1 aromatic carbocycles. The first kappa shape index (κ1) is 21.7. The zero-order valence-corrected chi connectivity index (χ0v) is 17.4. The molecule has 1 aliphatic rings. The minimum atomic E-state index is -0.318. The predicted octanol–water partition coefficient (Wildman–Crippen LogP) is 1.48. The van der Waals surface area contributed by atoms with Gasteiger partial charge < -0.3 is 20.3 Å². The van der Waals surface area contributed by atoms with E-state index in [0.29, 0.717) is 19.6 Å². The van der Waals surface area contributed by atoms with Crippen molar-refractivity contribution in [2.45, 2.75) is 47.1 Å². The maximum Gasteiger partial charge on any atom is 0.258 e. The molecule has 0 bridgehead atoms. The SMILES string of the molecule is Cc1ccc(C)c(OCC(=O)NCCNC(=O)C2CC(=O)N(C(C)C)C2)c1C. The second-order valence-electron chi connectivity index (χ2n) is 7.62. The van der Waals surface area contributed by atoms with Gasteiger partial charge in [0.15, 0.2) is 6.61 Å². The van der Waals surface area contributed by atoms with E-state index in [1.54, 1.807) is 4.90 Å². The maximum absolute atomic E-state index is 12.2. The fraction of sp³-hybridized carbons (Fsp3) is 0.571. The van der Waals surface area contributed by atoms with E-state index in [0.717, 1.165) is 22.4 Å². The number of likely N-dealkylation sites (tertiary alicyclic amines) is 1. The fourth-order valence-electron chi connectivity index (χ4n) is 3.27. The molecule has 2 N–H and O–H groups in total. The van der Waals surface area contributed by atoms with E-state index in [2.05, 4.69) is 10.6 Å². The van der Waals surface area contributed by atoms with Crippen LogP contribution in [0.2, 0.25) is 0 Å². The lowest BCUT2D eigenvalue weighted by molar-refractivity contribution is -0.129. The number of nitrogens with one attached hydrogen (secondary N) is 2. The quantitative estimate of drug-likeness (QED) is 0.659.